The van der Waals surface area contributed by atoms with Gasteiger partial charge in [0.15, 0.2) is 11.6 Å². The van der Waals surface area contributed by atoms with Gasteiger partial charge in [-0.1, -0.05) is 51.5 Å². The van der Waals surface area contributed by atoms with Crippen LogP contribution in [0.5, 0.6) is 5.75 Å². The zero-order valence-corrected chi connectivity index (χ0v) is 23.1. The Morgan fingerprint density at radius 1 is 0.821 bits per heavy atom. The van der Waals surface area contributed by atoms with Gasteiger partial charge in [-0.2, -0.15) is 17.6 Å². The van der Waals surface area contributed by atoms with Gasteiger partial charge in [0.1, 0.15) is 6.17 Å². The third-order valence-electron chi connectivity index (χ3n) is 9.25. The van der Waals surface area contributed by atoms with Crippen molar-refractivity contribution in [3.05, 3.63) is 29.6 Å². The Morgan fingerprint density at radius 3 is 1.82 bits per heavy atom. The molecule has 0 spiro atoms. The van der Waals surface area contributed by atoms with Crippen LogP contribution in [-0.4, -0.2) is 25.4 Å². The second-order valence-corrected chi connectivity index (χ2v) is 11.9. The molecule has 3 saturated carbocycles. The average molecular weight is 567 g/mol. The van der Waals surface area contributed by atoms with Crippen molar-refractivity contribution in [2.75, 3.05) is 6.67 Å². The zero-order valence-electron chi connectivity index (χ0n) is 23.1. The van der Waals surface area contributed by atoms with Crippen LogP contribution in [0.4, 0.5) is 30.7 Å². The molecule has 0 atom stereocenters. The lowest BCUT2D eigenvalue weighted by molar-refractivity contribution is -0.254. The van der Waals surface area contributed by atoms with E-state index in [9.17, 15) is 30.7 Å². The van der Waals surface area contributed by atoms with E-state index in [0.717, 1.165) is 36.3 Å². The molecule has 3 aliphatic rings. The fourth-order valence-electron chi connectivity index (χ4n) is 6.89. The van der Waals surface area contributed by atoms with Gasteiger partial charge >= 0.3 is 12.5 Å². The van der Waals surface area contributed by atoms with Crippen molar-refractivity contribution in [1.29, 1.82) is 0 Å². The number of ether oxygens (including phenoxy) is 1. The first-order chi connectivity index (χ1) is 18.6. The van der Waals surface area contributed by atoms with Crippen LogP contribution in [0.2, 0.25) is 0 Å². The predicted molar refractivity (Wildman–Crippen MR) is 140 cm³/mol. The average Bonchev–Trinajstić information content (AvgIpc) is 2.92. The molecule has 0 heterocycles. The molecule has 0 bridgehead atoms. The Morgan fingerprint density at radius 2 is 1.36 bits per heavy atom. The van der Waals surface area contributed by atoms with Crippen LogP contribution in [0, 0.1) is 29.5 Å². The van der Waals surface area contributed by atoms with E-state index < -0.39 is 30.3 Å². The van der Waals surface area contributed by atoms with Crippen molar-refractivity contribution < 1.29 is 35.5 Å². The Balaban J connectivity index is 0.000000218. The summed E-state index contributed by atoms with van der Waals surface area (Å²) in [6.07, 6.45) is 7.18. The Labute approximate surface area is 229 Å². The number of benzene rings is 1. The van der Waals surface area contributed by atoms with Crippen molar-refractivity contribution in [3.8, 4) is 5.75 Å². The summed E-state index contributed by atoms with van der Waals surface area (Å²) in [5.41, 5.74) is 0.534. The molecule has 0 amide bonds. The topological polar surface area (TPSA) is 9.23 Å². The molecule has 0 aromatic heterocycles. The number of rotatable bonds is 9. The monoisotopic (exact) mass is 566 g/mol. The second-order valence-electron chi connectivity index (χ2n) is 11.9. The number of alkyl halides is 6. The smallest absolute Gasteiger partial charge is 0.425 e. The van der Waals surface area contributed by atoms with E-state index >= 15 is 0 Å². The molecule has 0 saturated heterocycles. The lowest BCUT2D eigenvalue weighted by atomic mass is 9.68. The van der Waals surface area contributed by atoms with E-state index in [1.165, 1.54) is 70.3 Å². The molecule has 3 fully saturated rings. The van der Waals surface area contributed by atoms with Gasteiger partial charge < -0.3 is 4.74 Å². The number of hydrogen-bond donors (Lipinski definition) is 0. The first kappa shape index (κ1) is 32.0. The van der Waals surface area contributed by atoms with E-state index in [1.54, 1.807) is 0 Å². The van der Waals surface area contributed by atoms with E-state index in [2.05, 4.69) is 11.7 Å². The predicted octanol–water partition coefficient (Wildman–Crippen LogP) is 10.8. The summed E-state index contributed by atoms with van der Waals surface area (Å²) in [7, 11) is 0. The summed E-state index contributed by atoms with van der Waals surface area (Å²) in [6.45, 7) is 2.22. The van der Waals surface area contributed by atoms with Gasteiger partial charge in [0, 0.05) is 0 Å². The van der Waals surface area contributed by atoms with Crippen LogP contribution in [0.15, 0.2) is 18.2 Å². The quantitative estimate of drug-likeness (QED) is 0.270. The molecule has 3 aliphatic carbocycles. The normalized spacial score (nSPS) is 30.0. The Kier molecular flexibility index (Phi) is 12.7. The van der Waals surface area contributed by atoms with E-state index in [1.807, 2.05) is 0 Å². The second kappa shape index (κ2) is 15.5. The van der Waals surface area contributed by atoms with Gasteiger partial charge in [-0.25, -0.2) is 8.78 Å². The lowest BCUT2D eigenvalue weighted by Gasteiger charge is -2.37. The van der Waals surface area contributed by atoms with Crippen LogP contribution in [0.3, 0.4) is 0 Å². The van der Waals surface area contributed by atoms with E-state index in [4.69, 9.17) is 0 Å². The van der Waals surface area contributed by atoms with Crippen LogP contribution in [-0.2, 0) is 0 Å². The summed E-state index contributed by atoms with van der Waals surface area (Å²) >= 11 is 0. The summed E-state index contributed by atoms with van der Waals surface area (Å²) in [4.78, 5) is 0. The fraction of sp³-hybridized carbons (Fsp3) is 0.806. The molecular formula is C31H45F7O. The van der Waals surface area contributed by atoms with Crippen molar-refractivity contribution in [2.24, 2.45) is 23.7 Å². The maximum absolute atomic E-state index is 13.7. The summed E-state index contributed by atoms with van der Waals surface area (Å²) in [5.74, 6) is 1.64. The van der Waals surface area contributed by atoms with Crippen LogP contribution in [0.1, 0.15) is 115 Å². The highest BCUT2D eigenvalue weighted by Crippen LogP contribution is 2.43. The number of hydrogen-bond acceptors (Lipinski definition) is 1. The van der Waals surface area contributed by atoms with Gasteiger partial charge in [-0.05, 0) is 105 Å². The highest BCUT2D eigenvalue weighted by molar-refractivity contribution is 5.32. The molecule has 1 aromatic rings. The minimum Gasteiger partial charge on any atom is -0.425 e. The molecule has 224 valence electrons. The zero-order chi connectivity index (χ0) is 28.4. The minimum absolute atomic E-state index is 0.0591. The highest BCUT2D eigenvalue weighted by Gasteiger charge is 2.44. The van der Waals surface area contributed by atoms with Crippen molar-refractivity contribution in [3.63, 3.8) is 0 Å². The lowest BCUT2D eigenvalue weighted by Crippen LogP contribution is -2.33. The molecule has 1 aromatic carbocycles. The van der Waals surface area contributed by atoms with E-state index in [-0.39, 0.29) is 12.6 Å². The van der Waals surface area contributed by atoms with Gasteiger partial charge in [0.25, 0.3) is 0 Å². The Bertz CT molecular complexity index is 800. The molecule has 4 rings (SSSR count). The van der Waals surface area contributed by atoms with Crippen molar-refractivity contribution in [2.45, 2.75) is 128 Å². The number of halogens is 7. The minimum atomic E-state index is -4.74. The van der Waals surface area contributed by atoms with Crippen LogP contribution >= 0.6 is 0 Å². The first-order valence-corrected chi connectivity index (χ1v) is 15.0. The third kappa shape index (κ3) is 9.84. The third-order valence-corrected chi connectivity index (χ3v) is 9.25. The fourth-order valence-corrected chi connectivity index (χ4v) is 6.89. The van der Waals surface area contributed by atoms with Crippen LogP contribution in [0.25, 0.3) is 0 Å². The summed E-state index contributed by atoms with van der Waals surface area (Å²) < 4.78 is 92.3. The molecule has 8 heteroatoms. The largest absolute Gasteiger partial charge is 0.461 e. The van der Waals surface area contributed by atoms with Gasteiger partial charge in [-0.15, -0.1) is 0 Å². The molecule has 0 radical (unpaired) electrons. The summed E-state index contributed by atoms with van der Waals surface area (Å²) in [5, 5.41) is 0. The first-order valence-electron chi connectivity index (χ1n) is 15.0. The molecule has 39 heavy (non-hydrogen) atoms. The molecule has 0 N–H and O–H groups in total. The van der Waals surface area contributed by atoms with Gasteiger partial charge in [-0.3, -0.25) is 4.39 Å². The standard InChI is InChI=1S/C17H31F.C14H14F6O/c1-2-3-14-4-8-16(9-5-14)17-10-6-15(7-11-17)12-13-18;15-10-4-1-8(2-5-10)9-3-6-12(11(16)7-9)21-14(19,20)13(17)18/h14-17H,2-13H2,1H3;3,6-8,10,13H,1-2,4-5H2. The van der Waals surface area contributed by atoms with Crippen molar-refractivity contribution >= 4 is 0 Å². The van der Waals surface area contributed by atoms with Crippen LogP contribution < -0.4 is 4.74 Å². The molecular weight excluding hydrogens is 521 g/mol. The summed E-state index contributed by atoms with van der Waals surface area (Å²) in [6, 6.07) is 3.24. The molecule has 0 unspecified atom stereocenters. The van der Waals surface area contributed by atoms with Gasteiger partial charge in [0.2, 0.25) is 0 Å². The SMILES string of the molecule is CCCC1CCC(C2CCC(CCF)CC2)CC1.Fc1cc(C2CCC(F)CC2)ccc1OC(F)(F)C(F)F. The van der Waals surface area contributed by atoms with Gasteiger partial charge in [0.05, 0.1) is 6.67 Å². The Hall–Kier alpha value is -1.47. The maximum atomic E-state index is 13.7. The molecule has 1 nitrogen and oxygen atoms in total. The molecule has 0 aliphatic heterocycles. The van der Waals surface area contributed by atoms with E-state index in [0.29, 0.717) is 37.2 Å². The maximum Gasteiger partial charge on any atom is 0.461 e. The van der Waals surface area contributed by atoms with Crippen molar-refractivity contribution in [1.82, 2.24) is 0 Å². The highest BCUT2D eigenvalue weighted by atomic mass is 19.3.